The molecule has 0 unspecified atom stereocenters. The van der Waals surface area contributed by atoms with E-state index in [0.29, 0.717) is 0 Å². The first kappa shape index (κ1) is 57.2. The second kappa shape index (κ2) is 26.7. The number of aryl methyl sites for hydroxylation is 4. The van der Waals surface area contributed by atoms with Crippen molar-refractivity contribution in [1.82, 2.24) is 0 Å². The Labute approximate surface area is 387 Å². The van der Waals surface area contributed by atoms with Crippen LogP contribution in [0, 0.1) is 26.6 Å². The van der Waals surface area contributed by atoms with Crippen molar-refractivity contribution >= 4 is 141 Å². The molecule has 0 radical (unpaired) electrons. The number of hydrogen-bond acceptors (Lipinski definition) is 0. The molecule has 4 aliphatic rings. The van der Waals surface area contributed by atoms with Crippen LogP contribution in [0.3, 0.4) is 0 Å². The normalized spacial score (nSPS) is 14.8. The third-order valence-electron chi connectivity index (χ3n) is 10.4. The van der Waals surface area contributed by atoms with Crippen LogP contribution in [-0.2, 0) is 65.4 Å². The zero-order valence-electron chi connectivity index (χ0n) is 33.0. The average Bonchev–Trinajstić information content (AvgIpc) is 3.94. The Morgan fingerprint density at radius 1 is 0.421 bits per heavy atom. The molecular formula is C42H46Cl6MoO4P4. The summed E-state index contributed by atoms with van der Waals surface area (Å²) in [6, 6.07) is 19.6. The van der Waals surface area contributed by atoms with Crippen LogP contribution in [0.2, 0.25) is 0 Å². The molecule has 2 aliphatic carbocycles. The van der Waals surface area contributed by atoms with E-state index in [-0.39, 0.29) is 21.1 Å². The fourth-order valence-electron chi connectivity index (χ4n) is 8.58. The molecule has 0 aromatic heterocycles. The summed E-state index contributed by atoms with van der Waals surface area (Å²) in [5.74, 6) is 0. The summed E-state index contributed by atoms with van der Waals surface area (Å²) in [6.45, 7) is 35.4. The number of alkyl halides is 6. The zero-order chi connectivity index (χ0) is 43.3. The van der Waals surface area contributed by atoms with Crippen LogP contribution in [0.25, 0.3) is 21.5 Å². The average molecular weight is 1050 g/mol. The van der Waals surface area contributed by atoms with Gasteiger partial charge in [-0.2, -0.15) is 0 Å². The largest absolute Gasteiger partial charge is 0 e. The molecule has 306 valence electrons. The number of benzene rings is 4. The van der Waals surface area contributed by atoms with Crippen molar-refractivity contribution in [3.05, 3.63) is 97.4 Å². The molecule has 15 heteroatoms. The van der Waals surface area contributed by atoms with E-state index in [1.54, 1.807) is 80.8 Å². The quantitative estimate of drug-likeness (QED) is 0.0642. The van der Waals surface area contributed by atoms with E-state index in [1.165, 1.54) is 25.7 Å². The molecule has 0 atom stereocenters. The van der Waals surface area contributed by atoms with Gasteiger partial charge in [-0.05, 0) is 117 Å². The SMILES string of the molecule is CC(C)P1(C(C)C)=Pc2ccc3c4c(ccc1c24)CC3.CC(C)P1(C(C)C)=Pc2ccc3c4c(ccc1c24)CC3.ClC(Cl)Cl.ClC(Cl)Cl.[C-]#[O+].[C-]#[O+].[C-]#[O+].[C-]#[O+].[Mo]. The molecule has 57 heavy (non-hydrogen) atoms. The standard InChI is InChI=1S/2C18H22P2.2CHCl3.4CO.Mo/c2*1-11(2)20(12(3)4)16-10-8-14-6-5-13-7-9-15(19-20)18(16)17(13)14;2*2-1(3)4;4*1-2;/h2*7-12H,5-6H2,1-4H3;2*1H;;;;;. The minimum atomic E-state index is -1.09. The summed E-state index contributed by atoms with van der Waals surface area (Å²) in [5.41, 5.74) is 9.55. The van der Waals surface area contributed by atoms with Crippen LogP contribution in [0.15, 0.2) is 48.5 Å². The first-order valence-electron chi connectivity index (χ1n) is 17.6. The molecule has 2 heterocycles. The first-order chi connectivity index (χ1) is 26.6. The Morgan fingerprint density at radius 3 is 0.842 bits per heavy atom. The van der Waals surface area contributed by atoms with Crippen LogP contribution < -0.4 is 21.2 Å². The summed E-state index contributed by atoms with van der Waals surface area (Å²) >= 11 is 28.8. The molecule has 0 saturated carbocycles. The van der Waals surface area contributed by atoms with Gasteiger partial charge in [0.2, 0.25) is 0 Å². The fourth-order valence-corrected chi connectivity index (χ4v) is 25.5. The second-order valence-corrected chi connectivity index (χ2v) is 32.6. The fraction of sp³-hybridized carbons (Fsp3) is 0.429. The molecule has 0 saturated heterocycles. The van der Waals surface area contributed by atoms with Crippen molar-refractivity contribution in [2.45, 2.75) is 112 Å². The molecule has 0 spiro atoms. The zero-order valence-corrected chi connectivity index (χ0v) is 43.1. The Balaban J connectivity index is 0.000000800. The van der Waals surface area contributed by atoms with Crippen molar-refractivity contribution in [1.29, 1.82) is 0 Å². The Hall–Kier alpha value is 0.248. The third kappa shape index (κ3) is 12.2. The minimum absolute atomic E-state index is 0. The number of hydrogen-bond donors (Lipinski definition) is 0. The molecule has 0 bridgehead atoms. The second-order valence-electron chi connectivity index (χ2n) is 14.0. The number of rotatable bonds is 4. The van der Waals surface area contributed by atoms with E-state index in [0.717, 1.165) is 22.6 Å². The molecule has 2 aliphatic heterocycles. The van der Waals surface area contributed by atoms with Crippen LogP contribution in [0.1, 0.15) is 77.6 Å². The van der Waals surface area contributed by atoms with E-state index in [1.807, 2.05) is 0 Å². The van der Waals surface area contributed by atoms with Gasteiger partial charge in [-0.3, -0.25) is 0 Å². The van der Waals surface area contributed by atoms with Crippen molar-refractivity contribution in [3.63, 3.8) is 0 Å². The molecule has 8 rings (SSSR count). The Bertz CT molecular complexity index is 1960. The molecule has 0 N–H and O–H groups in total. The predicted molar refractivity (Wildman–Crippen MR) is 248 cm³/mol. The number of halogens is 6. The predicted octanol–water partition coefficient (Wildman–Crippen LogP) is 13.6. The van der Waals surface area contributed by atoms with E-state index < -0.39 is 21.7 Å². The van der Waals surface area contributed by atoms with Crippen molar-refractivity contribution in [3.8, 4) is 0 Å². The van der Waals surface area contributed by atoms with Gasteiger partial charge in [0.1, 0.15) is 0 Å². The molecular weight excluding hydrogens is 1000 g/mol. The maximum atomic E-state index is 7.50. The summed E-state index contributed by atoms with van der Waals surface area (Å²) in [4.78, 5) is 0. The van der Waals surface area contributed by atoms with Gasteiger partial charge in [-0.15, -0.1) is 0 Å². The van der Waals surface area contributed by atoms with Gasteiger partial charge >= 0.3 is 45.2 Å². The summed E-state index contributed by atoms with van der Waals surface area (Å²) < 4.78 is 28.5. The van der Waals surface area contributed by atoms with Crippen molar-refractivity contribution < 1.29 is 39.7 Å². The van der Waals surface area contributed by atoms with Gasteiger partial charge in [0.25, 0.3) is 0 Å². The van der Waals surface area contributed by atoms with Gasteiger partial charge in [0.15, 0.2) is 8.59 Å². The van der Waals surface area contributed by atoms with Crippen LogP contribution >= 0.6 is 98.4 Å². The van der Waals surface area contributed by atoms with Crippen LogP contribution in [-0.4, -0.2) is 31.2 Å². The molecule has 0 fully saturated rings. The van der Waals surface area contributed by atoms with E-state index in [9.17, 15) is 0 Å². The minimum Gasteiger partial charge on any atom is 0 e. The monoisotopic (exact) mass is 1050 g/mol. The molecule has 0 amide bonds. The van der Waals surface area contributed by atoms with Gasteiger partial charge < -0.3 is 0 Å². The van der Waals surface area contributed by atoms with E-state index in [2.05, 4.69) is 131 Å². The van der Waals surface area contributed by atoms with Gasteiger partial charge in [-0.1, -0.05) is 177 Å². The van der Waals surface area contributed by atoms with Crippen LogP contribution in [0.4, 0.5) is 0 Å². The Morgan fingerprint density at radius 2 is 0.632 bits per heavy atom. The Kier molecular flexibility index (Phi) is 26.8. The van der Waals surface area contributed by atoms with E-state index in [4.69, 9.17) is 88.2 Å². The summed E-state index contributed by atoms with van der Waals surface area (Å²) in [7, 11) is 3.28. The van der Waals surface area contributed by atoms with Gasteiger partial charge in [0.05, 0.1) is 0 Å². The van der Waals surface area contributed by atoms with E-state index >= 15 is 0 Å². The van der Waals surface area contributed by atoms with Gasteiger partial charge in [0, 0.05) is 42.4 Å². The third-order valence-corrected chi connectivity index (χ3v) is 30.9. The van der Waals surface area contributed by atoms with Crippen molar-refractivity contribution in [2.24, 2.45) is 0 Å². The van der Waals surface area contributed by atoms with Crippen molar-refractivity contribution in [2.75, 3.05) is 0 Å². The smallest absolute Gasteiger partial charge is 0 e. The topological polar surface area (TPSA) is 79.6 Å². The molecule has 4 nitrogen and oxygen atoms in total. The maximum absolute atomic E-state index is 7.50. The van der Waals surface area contributed by atoms with Crippen LogP contribution in [0.5, 0.6) is 0 Å². The molecule has 4 aromatic carbocycles. The van der Waals surface area contributed by atoms with Gasteiger partial charge in [-0.25, -0.2) is 0 Å². The summed E-state index contributed by atoms with van der Waals surface area (Å²) in [6.07, 6.45) is 5.00. The maximum Gasteiger partial charge on any atom is 0 e. The summed E-state index contributed by atoms with van der Waals surface area (Å²) in [5, 5.41) is 13.3. The molecule has 4 aromatic rings. The first-order valence-corrected chi connectivity index (χ1v) is 27.3.